The van der Waals surface area contributed by atoms with E-state index in [2.05, 4.69) is 5.32 Å². The quantitative estimate of drug-likeness (QED) is 0.796. The van der Waals surface area contributed by atoms with Gasteiger partial charge >= 0.3 is 5.97 Å². The van der Waals surface area contributed by atoms with Crippen molar-refractivity contribution in [1.29, 1.82) is 0 Å². The minimum Gasteiger partial charge on any atom is -0.480 e. The summed E-state index contributed by atoms with van der Waals surface area (Å²) in [7, 11) is 1.44. The number of methoxy groups -OCH3 is 1. The van der Waals surface area contributed by atoms with Crippen LogP contribution in [0.3, 0.4) is 0 Å². The van der Waals surface area contributed by atoms with Crippen LogP contribution in [0.2, 0.25) is 0 Å². The molecule has 108 valence electrons. The summed E-state index contributed by atoms with van der Waals surface area (Å²) in [4.78, 5) is 23.4. The number of carbonyl (C=O) groups is 2. The van der Waals surface area contributed by atoms with E-state index < -0.39 is 24.0 Å². The van der Waals surface area contributed by atoms with Crippen LogP contribution in [0.15, 0.2) is 30.3 Å². The first-order valence-electron chi connectivity index (χ1n) is 6.72. The summed E-state index contributed by atoms with van der Waals surface area (Å²) < 4.78 is 5.19. The van der Waals surface area contributed by atoms with Crippen molar-refractivity contribution in [3.63, 3.8) is 0 Å². The van der Waals surface area contributed by atoms with Crippen LogP contribution in [0, 0.1) is 5.92 Å². The van der Waals surface area contributed by atoms with Crippen molar-refractivity contribution in [3.8, 4) is 0 Å². The molecule has 1 aromatic rings. The van der Waals surface area contributed by atoms with Gasteiger partial charge in [-0.1, -0.05) is 43.2 Å². The van der Waals surface area contributed by atoms with E-state index in [0.29, 0.717) is 17.9 Å². The van der Waals surface area contributed by atoms with Gasteiger partial charge in [-0.05, 0) is 17.9 Å². The zero-order valence-corrected chi connectivity index (χ0v) is 11.4. The number of amides is 1. The lowest BCUT2D eigenvalue weighted by Crippen LogP contribution is -2.43. The molecule has 2 atom stereocenters. The zero-order chi connectivity index (χ0) is 14.5. The lowest BCUT2D eigenvalue weighted by molar-refractivity contribution is -0.144. The second-order valence-electron chi connectivity index (χ2n) is 5.10. The number of carboxylic acids is 1. The van der Waals surface area contributed by atoms with Crippen molar-refractivity contribution in [2.45, 2.75) is 31.4 Å². The third-order valence-electron chi connectivity index (χ3n) is 3.46. The van der Waals surface area contributed by atoms with Gasteiger partial charge in [-0.2, -0.15) is 0 Å². The molecule has 1 fully saturated rings. The molecule has 1 aliphatic carbocycles. The molecule has 5 nitrogen and oxygen atoms in total. The first-order chi connectivity index (χ1) is 9.61. The molecule has 0 bridgehead atoms. The molecule has 0 aromatic heterocycles. The van der Waals surface area contributed by atoms with Crippen LogP contribution in [-0.2, 0) is 14.3 Å². The summed E-state index contributed by atoms with van der Waals surface area (Å²) in [6, 6.07) is 8.20. The highest BCUT2D eigenvalue weighted by molar-refractivity contribution is 5.87. The van der Waals surface area contributed by atoms with Gasteiger partial charge in [0.1, 0.15) is 6.04 Å². The van der Waals surface area contributed by atoms with Gasteiger partial charge in [0.2, 0.25) is 0 Å². The van der Waals surface area contributed by atoms with Gasteiger partial charge in [0.25, 0.3) is 5.91 Å². The average molecular weight is 277 g/mol. The summed E-state index contributed by atoms with van der Waals surface area (Å²) >= 11 is 0. The molecule has 0 unspecified atom stereocenters. The first-order valence-corrected chi connectivity index (χ1v) is 6.72. The number of ether oxygens (including phenoxy) is 1. The molecule has 0 saturated heterocycles. The summed E-state index contributed by atoms with van der Waals surface area (Å²) in [6.07, 6.45) is 1.81. The van der Waals surface area contributed by atoms with E-state index in [4.69, 9.17) is 9.84 Å². The van der Waals surface area contributed by atoms with Crippen molar-refractivity contribution >= 4 is 11.9 Å². The lowest BCUT2D eigenvalue weighted by atomic mass is 10.1. The number of aliphatic carboxylic acids is 1. The van der Waals surface area contributed by atoms with E-state index in [0.717, 1.165) is 12.8 Å². The fraction of sp³-hybridized carbons (Fsp3) is 0.467. The highest BCUT2D eigenvalue weighted by Gasteiger charge is 2.32. The maximum absolute atomic E-state index is 12.2. The Hall–Kier alpha value is -1.88. The first kappa shape index (κ1) is 14.5. The Kier molecular flexibility index (Phi) is 4.74. The Bertz CT molecular complexity index is 470. The van der Waals surface area contributed by atoms with Gasteiger partial charge in [0, 0.05) is 7.11 Å². The summed E-state index contributed by atoms with van der Waals surface area (Å²) in [6.45, 7) is 0. The molecule has 1 saturated carbocycles. The van der Waals surface area contributed by atoms with E-state index in [-0.39, 0.29) is 0 Å². The summed E-state index contributed by atoms with van der Waals surface area (Å²) in [5.41, 5.74) is 0.711. The van der Waals surface area contributed by atoms with Crippen molar-refractivity contribution in [2.75, 3.05) is 7.11 Å². The maximum Gasteiger partial charge on any atom is 0.326 e. The lowest BCUT2D eigenvalue weighted by Gasteiger charge is -2.19. The number of hydrogen-bond donors (Lipinski definition) is 2. The second-order valence-corrected chi connectivity index (χ2v) is 5.10. The third kappa shape index (κ3) is 3.81. The van der Waals surface area contributed by atoms with E-state index >= 15 is 0 Å². The molecule has 1 amide bonds. The Morgan fingerprint density at radius 3 is 2.50 bits per heavy atom. The van der Waals surface area contributed by atoms with Gasteiger partial charge in [0.05, 0.1) is 0 Å². The monoisotopic (exact) mass is 277 g/mol. The largest absolute Gasteiger partial charge is 0.480 e. The molecule has 1 aliphatic rings. The fourth-order valence-corrected chi connectivity index (χ4v) is 2.18. The van der Waals surface area contributed by atoms with Crippen LogP contribution in [0.25, 0.3) is 0 Å². The molecule has 2 N–H and O–H groups in total. The van der Waals surface area contributed by atoms with Crippen molar-refractivity contribution < 1.29 is 19.4 Å². The predicted molar refractivity (Wildman–Crippen MR) is 73.1 cm³/mol. The molecule has 0 aliphatic heterocycles. The van der Waals surface area contributed by atoms with Gasteiger partial charge in [-0.3, -0.25) is 4.79 Å². The summed E-state index contributed by atoms with van der Waals surface area (Å²) in [5, 5.41) is 11.7. The summed E-state index contributed by atoms with van der Waals surface area (Å²) in [5.74, 6) is -0.978. The van der Waals surface area contributed by atoms with E-state index in [1.54, 1.807) is 12.1 Å². The standard InChI is InChI=1S/C15H19NO4/c1-20-13(11-5-3-2-4-6-11)14(17)16-12(15(18)19)9-10-7-8-10/h2-6,10,12-13H,7-9H2,1H3,(H,16,17)(H,18,19)/t12-,13-/m1/s1. The molecule has 5 heteroatoms. The van der Waals surface area contributed by atoms with Gasteiger partial charge < -0.3 is 15.2 Å². The molecule has 0 heterocycles. The molecule has 0 spiro atoms. The normalized spacial score (nSPS) is 17.2. The number of nitrogens with one attached hydrogen (secondary N) is 1. The second kappa shape index (κ2) is 6.52. The van der Waals surface area contributed by atoms with Crippen LogP contribution in [0.1, 0.15) is 30.9 Å². The maximum atomic E-state index is 12.2. The average Bonchev–Trinajstić information content (AvgIpc) is 3.24. The number of carbonyl (C=O) groups excluding carboxylic acids is 1. The number of benzene rings is 1. The molecular formula is C15H19NO4. The highest BCUT2D eigenvalue weighted by atomic mass is 16.5. The molecule has 2 rings (SSSR count). The zero-order valence-electron chi connectivity index (χ0n) is 11.4. The van der Waals surface area contributed by atoms with Gasteiger partial charge in [0.15, 0.2) is 6.10 Å². The Morgan fingerprint density at radius 2 is 2.00 bits per heavy atom. The van der Waals surface area contributed by atoms with E-state index in [1.807, 2.05) is 18.2 Å². The minimum atomic E-state index is -0.992. The van der Waals surface area contributed by atoms with Crippen molar-refractivity contribution in [3.05, 3.63) is 35.9 Å². The van der Waals surface area contributed by atoms with Crippen molar-refractivity contribution in [1.82, 2.24) is 5.32 Å². The smallest absolute Gasteiger partial charge is 0.326 e. The number of hydrogen-bond acceptors (Lipinski definition) is 3. The molecule has 20 heavy (non-hydrogen) atoms. The van der Waals surface area contributed by atoms with E-state index in [1.165, 1.54) is 7.11 Å². The molecule has 0 radical (unpaired) electrons. The Morgan fingerprint density at radius 1 is 1.35 bits per heavy atom. The van der Waals surface area contributed by atoms with Crippen molar-refractivity contribution in [2.24, 2.45) is 5.92 Å². The van der Waals surface area contributed by atoms with E-state index in [9.17, 15) is 9.59 Å². The molecule has 1 aromatic carbocycles. The number of carboxylic acid groups (broad SMARTS) is 1. The van der Waals surface area contributed by atoms with Gasteiger partial charge in [-0.15, -0.1) is 0 Å². The van der Waals surface area contributed by atoms with Crippen LogP contribution in [0.4, 0.5) is 0 Å². The molecular weight excluding hydrogens is 258 g/mol. The predicted octanol–water partition coefficient (Wildman–Crippen LogP) is 1.74. The van der Waals surface area contributed by atoms with Gasteiger partial charge in [-0.25, -0.2) is 4.79 Å². The third-order valence-corrected chi connectivity index (χ3v) is 3.46. The van der Waals surface area contributed by atoms with Crippen LogP contribution < -0.4 is 5.32 Å². The number of rotatable bonds is 7. The van der Waals surface area contributed by atoms with Crippen LogP contribution in [0.5, 0.6) is 0 Å². The Balaban J connectivity index is 2.02. The minimum absolute atomic E-state index is 0.410. The van der Waals surface area contributed by atoms with Crippen LogP contribution in [-0.4, -0.2) is 30.1 Å². The topological polar surface area (TPSA) is 75.6 Å². The highest BCUT2D eigenvalue weighted by Crippen LogP contribution is 2.33. The Labute approximate surface area is 117 Å². The SMILES string of the molecule is CO[C@@H](C(=O)N[C@H](CC1CC1)C(=O)O)c1ccccc1. The van der Waals surface area contributed by atoms with Crippen LogP contribution >= 0.6 is 0 Å². The fourth-order valence-electron chi connectivity index (χ4n) is 2.18.